The van der Waals surface area contributed by atoms with Gasteiger partial charge in [0.2, 0.25) is 0 Å². The summed E-state index contributed by atoms with van der Waals surface area (Å²) >= 11 is 0.986. The van der Waals surface area contributed by atoms with Gasteiger partial charge in [0.15, 0.2) is 0 Å². The van der Waals surface area contributed by atoms with E-state index < -0.39 is 11.6 Å². The first-order valence-electron chi connectivity index (χ1n) is 9.16. The zero-order valence-corrected chi connectivity index (χ0v) is 16.5. The Morgan fingerprint density at radius 1 is 0.931 bits per heavy atom. The van der Waals surface area contributed by atoms with Crippen LogP contribution in [0.5, 0.6) is 0 Å². The van der Waals surface area contributed by atoms with Crippen LogP contribution in [0.2, 0.25) is 0 Å². The smallest absolute Gasteiger partial charge is 0.265 e. The maximum Gasteiger partial charge on any atom is 0.265 e. The topological polar surface area (TPSA) is 36.4 Å². The fourth-order valence-corrected chi connectivity index (χ4v) is 4.49. The summed E-state index contributed by atoms with van der Waals surface area (Å²) in [7, 11) is 0. The fraction of sp³-hybridized carbons (Fsp3) is 0.238. The molecule has 0 aliphatic carbocycles. The second-order valence-electron chi connectivity index (χ2n) is 6.76. The summed E-state index contributed by atoms with van der Waals surface area (Å²) in [5.41, 5.74) is 0.740. The van der Waals surface area contributed by atoms with Crippen molar-refractivity contribution in [3.63, 3.8) is 0 Å². The number of aromatic nitrogens is 1. The molecule has 4 nitrogen and oxygen atoms in total. The van der Waals surface area contributed by atoms with Crippen LogP contribution >= 0.6 is 11.3 Å². The van der Waals surface area contributed by atoms with Crippen molar-refractivity contribution < 1.29 is 18.0 Å². The minimum absolute atomic E-state index is 0.145. The molecule has 0 unspecified atom stereocenters. The average molecular weight is 417 g/mol. The lowest BCUT2D eigenvalue weighted by Gasteiger charge is -2.36. The van der Waals surface area contributed by atoms with E-state index >= 15 is 0 Å². The molecule has 0 atom stereocenters. The number of para-hydroxylation sites is 1. The van der Waals surface area contributed by atoms with E-state index in [2.05, 4.69) is 4.98 Å². The summed E-state index contributed by atoms with van der Waals surface area (Å²) in [6.45, 7) is 3.50. The summed E-state index contributed by atoms with van der Waals surface area (Å²) in [6.07, 6.45) is 0. The highest BCUT2D eigenvalue weighted by Crippen LogP contribution is 2.32. The minimum atomic E-state index is -0.712. The molecule has 150 valence electrons. The molecule has 1 aliphatic heterocycles. The molecule has 29 heavy (non-hydrogen) atoms. The van der Waals surface area contributed by atoms with Gasteiger partial charge in [0.1, 0.15) is 27.3 Å². The molecule has 3 aromatic rings. The van der Waals surface area contributed by atoms with Crippen LogP contribution in [0, 0.1) is 24.4 Å². The number of carbonyl (C=O) groups excluding carboxylic acids is 1. The molecule has 2 aromatic carbocycles. The third-order valence-corrected chi connectivity index (χ3v) is 6.09. The molecule has 0 N–H and O–H groups in total. The van der Waals surface area contributed by atoms with Gasteiger partial charge in [-0.15, -0.1) is 11.3 Å². The van der Waals surface area contributed by atoms with Crippen LogP contribution in [-0.2, 0) is 0 Å². The van der Waals surface area contributed by atoms with Crippen LogP contribution in [0.25, 0.3) is 10.6 Å². The molecule has 1 aliphatic rings. The Labute approximate surface area is 170 Å². The third-order valence-electron chi connectivity index (χ3n) is 4.93. The number of halogens is 3. The zero-order valence-electron chi connectivity index (χ0n) is 15.7. The molecule has 1 fully saturated rings. The van der Waals surface area contributed by atoms with Crippen molar-refractivity contribution in [3.05, 3.63) is 70.5 Å². The van der Waals surface area contributed by atoms with E-state index in [-0.39, 0.29) is 22.3 Å². The van der Waals surface area contributed by atoms with E-state index in [0.29, 0.717) is 42.4 Å². The lowest BCUT2D eigenvalue weighted by molar-refractivity contribution is 0.0750. The van der Waals surface area contributed by atoms with E-state index in [0.717, 1.165) is 11.3 Å². The maximum absolute atomic E-state index is 14.1. The predicted molar refractivity (Wildman–Crippen MR) is 107 cm³/mol. The molecule has 0 radical (unpaired) electrons. The molecule has 0 bridgehead atoms. The summed E-state index contributed by atoms with van der Waals surface area (Å²) in [5.74, 6) is -1.94. The van der Waals surface area contributed by atoms with Crippen molar-refractivity contribution in [2.75, 3.05) is 31.1 Å². The molecule has 4 rings (SSSR count). The summed E-state index contributed by atoms with van der Waals surface area (Å²) in [4.78, 5) is 21.1. The molecule has 8 heteroatoms. The molecular weight excluding hydrogens is 399 g/mol. The highest BCUT2D eigenvalue weighted by atomic mass is 32.1. The standard InChI is InChI=1S/C21H18F3N3OS/c1-13-19(29-20(25-13)18-15(23)6-4-7-16(18)24)21(28)27-11-9-26(10-12-27)17-8-3-2-5-14(17)22/h2-8H,9-12H2,1H3. The Morgan fingerprint density at radius 2 is 1.55 bits per heavy atom. The Bertz CT molecular complexity index is 1040. The van der Waals surface area contributed by atoms with Crippen LogP contribution in [-0.4, -0.2) is 42.0 Å². The number of anilines is 1. The van der Waals surface area contributed by atoms with Gasteiger partial charge in [-0.2, -0.15) is 0 Å². The molecule has 1 saturated heterocycles. The Balaban J connectivity index is 1.51. The van der Waals surface area contributed by atoms with Crippen LogP contribution in [0.1, 0.15) is 15.4 Å². The highest BCUT2D eigenvalue weighted by molar-refractivity contribution is 7.17. The monoisotopic (exact) mass is 417 g/mol. The molecule has 0 saturated carbocycles. The fourth-order valence-electron chi connectivity index (χ4n) is 3.41. The normalized spacial score (nSPS) is 14.3. The average Bonchev–Trinajstić information content (AvgIpc) is 3.09. The number of piperazine rings is 1. The Hall–Kier alpha value is -2.87. The first-order chi connectivity index (χ1) is 14.0. The number of nitrogens with zero attached hydrogens (tertiary/aromatic N) is 3. The predicted octanol–water partition coefficient (Wildman–Crippen LogP) is 4.50. The van der Waals surface area contributed by atoms with Crippen LogP contribution < -0.4 is 4.90 Å². The maximum atomic E-state index is 14.1. The summed E-state index contributed by atoms with van der Waals surface area (Å²) < 4.78 is 42.1. The minimum Gasteiger partial charge on any atom is -0.366 e. The van der Waals surface area contributed by atoms with Crippen LogP contribution in [0.15, 0.2) is 42.5 Å². The van der Waals surface area contributed by atoms with Gasteiger partial charge in [-0.25, -0.2) is 18.2 Å². The second kappa shape index (κ2) is 7.87. The van der Waals surface area contributed by atoms with Gasteiger partial charge in [-0.3, -0.25) is 4.79 Å². The largest absolute Gasteiger partial charge is 0.366 e. The summed E-state index contributed by atoms with van der Waals surface area (Å²) in [5, 5.41) is 0.145. The van der Waals surface area contributed by atoms with Crippen LogP contribution in [0.4, 0.5) is 18.9 Å². The van der Waals surface area contributed by atoms with Gasteiger partial charge >= 0.3 is 0 Å². The first kappa shape index (κ1) is 19.4. The number of hydrogen-bond donors (Lipinski definition) is 0. The molecule has 0 spiro atoms. The van der Waals surface area contributed by atoms with Gasteiger partial charge in [-0.05, 0) is 31.2 Å². The second-order valence-corrected chi connectivity index (χ2v) is 7.76. The molecule has 2 heterocycles. The van der Waals surface area contributed by atoms with Crippen LogP contribution in [0.3, 0.4) is 0 Å². The highest BCUT2D eigenvalue weighted by Gasteiger charge is 2.27. The van der Waals surface area contributed by atoms with Gasteiger partial charge in [-0.1, -0.05) is 18.2 Å². The van der Waals surface area contributed by atoms with Gasteiger partial charge in [0.05, 0.1) is 16.9 Å². The quantitative estimate of drug-likeness (QED) is 0.630. The van der Waals surface area contributed by atoms with E-state index in [4.69, 9.17) is 0 Å². The SMILES string of the molecule is Cc1nc(-c2c(F)cccc2F)sc1C(=O)N1CCN(c2ccccc2F)CC1. The van der Waals surface area contributed by atoms with Crippen molar-refractivity contribution in [2.45, 2.75) is 6.92 Å². The summed E-state index contributed by atoms with van der Waals surface area (Å²) in [6, 6.07) is 10.2. The van der Waals surface area contributed by atoms with Crippen molar-refractivity contribution >= 4 is 22.9 Å². The Kier molecular flexibility index (Phi) is 5.27. The number of aryl methyl sites for hydroxylation is 1. The van der Waals surface area contributed by atoms with E-state index in [9.17, 15) is 18.0 Å². The van der Waals surface area contributed by atoms with E-state index in [1.54, 1.807) is 30.0 Å². The number of carbonyl (C=O) groups is 1. The van der Waals surface area contributed by atoms with Crippen molar-refractivity contribution in [1.82, 2.24) is 9.88 Å². The first-order valence-corrected chi connectivity index (χ1v) is 9.98. The van der Waals surface area contributed by atoms with Gasteiger partial charge < -0.3 is 9.80 Å². The lowest BCUT2D eigenvalue weighted by Crippen LogP contribution is -2.49. The van der Waals surface area contributed by atoms with Crippen molar-refractivity contribution in [1.29, 1.82) is 0 Å². The number of hydrogen-bond acceptors (Lipinski definition) is 4. The zero-order chi connectivity index (χ0) is 20.5. The number of rotatable bonds is 3. The third kappa shape index (κ3) is 3.72. The van der Waals surface area contributed by atoms with Crippen molar-refractivity contribution in [3.8, 4) is 10.6 Å². The molecular formula is C21H18F3N3OS. The number of amides is 1. The molecule has 1 aromatic heterocycles. The lowest BCUT2D eigenvalue weighted by atomic mass is 10.2. The number of benzene rings is 2. The number of thiazole rings is 1. The van der Waals surface area contributed by atoms with E-state index in [1.165, 1.54) is 24.3 Å². The van der Waals surface area contributed by atoms with Gasteiger partial charge in [0.25, 0.3) is 5.91 Å². The van der Waals surface area contributed by atoms with E-state index in [1.807, 2.05) is 4.90 Å². The molecule has 1 amide bonds. The van der Waals surface area contributed by atoms with Crippen molar-refractivity contribution in [2.24, 2.45) is 0 Å². The van der Waals surface area contributed by atoms with Gasteiger partial charge in [0, 0.05) is 26.2 Å². The Morgan fingerprint density at radius 3 is 2.21 bits per heavy atom.